The molecule has 0 radical (unpaired) electrons. The van der Waals surface area contributed by atoms with Gasteiger partial charge in [0.2, 0.25) is 0 Å². The highest BCUT2D eigenvalue weighted by molar-refractivity contribution is 6.51. The first-order valence-corrected chi connectivity index (χ1v) is 11.1. The van der Waals surface area contributed by atoms with Crippen molar-refractivity contribution >= 4 is 34.7 Å². The van der Waals surface area contributed by atoms with Gasteiger partial charge in [-0.05, 0) is 74.4 Å². The van der Waals surface area contributed by atoms with Crippen molar-refractivity contribution in [3.05, 3.63) is 99.6 Å². The predicted octanol–water partition coefficient (Wildman–Crippen LogP) is 5.98. The first kappa shape index (κ1) is 22.6. The van der Waals surface area contributed by atoms with E-state index in [2.05, 4.69) is 0 Å². The maximum Gasteiger partial charge on any atom is 0.300 e. The van der Waals surface area contributed by atoms with Gasteiger partial charge in [-0.3, -0.25) is 14.5 Å². The molecule has 1 heterocycles. The lowest BCUT2D eigenvalue weighted by molar-refractivity contribution is -0.132. The Labute approximate surface area is 197 Å². The van der Waals surface area contributed by atoms with Gasteiger partial charge in [0.15, 0.2) is 0 Å². The molecule has 1 saturated heterocycles. The number of benzene rings is 3. The molecule has 1 unspecified atom stereocenters. The molecular formula is C27H24ClNO4. The minimum atomic E-state index is -0.804. The van der Waals surface area contributed by atoms with Gasteiger partial charge in [0.1, 0.15) is 11.5 Å². The van der Waals surface area contributed by atoms with E-state index in [1.165, 1.54) is 4.90 Å². The van der Waals surface area contributed by atoms with Crippen molar-refractivity contribution in [2.45, 2.75) is 26.8 Å². The molecule has 0 aromatic heterocycles. The van der Waals surface area contributed by atoms with Gasteiger partial charge in [0.25, 0.3) is 11.7 Å². The quantitative estimate of drug-likeness (QED) is 0.288. The third kappa shape index (κ3) is 4.24. The molecule has 0 spiro atoms. The molecule has 1 amide bonds. The molecule has 168 valence electrons. The Kier molecular flexibility index (Phi) is 6.25. The molecule has 3 aromatic carbocycles. The SMILES string of the molecule is CCOc1ccc(C2/C(=C(\O)c3cc(C)ccc3C)C(=O)C(=O)N2c2ccc(Cl)cc2)cc1. The Morgan fingerprint density at radius 3 is 2.30 bits per heavy atom. The number of aliphatic hydroxyl groups excluding tert-OH is 1. The van der Waals surface area contributed by atoms with E-state index in [1.54, 1.807) is 48.5 Å². The number of Topliss-reactive ketones (excluding diaryl/α,β-unsaturated/α-hetero) is 1. The van der Waals surface area contributed by atoms with Crippen molar-refractivity contribution in [1.82, 2.24) is 0 Å². The van der Waals surface area contributed by atoms with E-state index in [0.717, 1.165) is 11.1 Å². The highest BCUT2D eigenvalue weighted by Crippen LogP contribution is 2.43. The van der Waals surface area contributed by atoms with E-state index in [4.69, 9.17) is 16.3 Å². The predicted molar refractivity (Wildman–Crippen MR) is 130 cm³/mol. The lowest BCUT2D eigenvalue weighted by Crippen LogP contribution is -2.29. The molecule has 1 N–H and O–H groups in total. The summed E-state index contributed by atoms with van der Waals surface area (Å²) in [6.45, 7) is 6.19. The number of ketones is 1. The van der Waals surface area contributed by atoms with Gasteiger partial charge in [-0.2, -0.15) is 0 Å². The second kappa shape index (κ2) is 9.12. The normalized spacial score (nSPS) is 17.5. The number of aryl methyl sites for hydroxylation is 2. The molecule has 5 nitrogen and oxygen atoms in total. The second-order valence-corrected chi connectivity index (χ2v) is 8.40. The molecule has 4 rings (SSSR count). The summed E-state index contributed by atoms with van der Waals surface area (Å²) in [5, 5.41) is 11.8. The van der Waals surface area contributed by atoms with Crippen molar-refractivity contribution in [2.24, 2.45) is 0 Å². The topological polar surface area (TPSA) is 66.8 Å². The summed E-state index contributed by atoms with van der Waals surface area (Å²) in [4.78, 5) is 27.9. The second-order valence-electron chi connectivity index (χ2n) is 7.97. The van der Waals surface area contributed by atoms with Gasteiger partial charge in [-0.25, -0.2) is 0 Å². The van der Waals surface area contributed by atoms with E-state index >= 15 is 0 Å². The Morgan fingerprint density at radius 1 is 1.00 bits per heavy atom. The first-order chi connectivity index (χ1) is 15.8. The van der Waals surface area contributed by atoms with Crippen LogP contribution in [0.1, 0.15) is 35.2 Å². The highest BCUT2D eigenvalue weighted by atomic mass is 35.5. The van der Waals surface area contributed by atoms with Crippen LogP contribution < -0.4 is 9.64 Å². The number of carbonyl (C=O) groups excluding carboxylic acids is 2. The van der Waals surface area contributed by atoms with Gasteiger partial charge in [-0.15, -0.1) is 0 Å². The van der Waals surface area contributed by atoms with Crippen LogP contribution in [0.4, 0.5) is 5.69 Å². The van der Waals surface area contributed by atoms with Crippen LogP contribution in [0, 0.1) is 13.8 Å². The van der Waals surface area contributed by atoms with Crippen molar-refractivity contribution in [1.29, 1.82) is 0 Å². The van der Waals surface area contributed by atoms with Crippen molar-refractivity contribution in [3.63, 3.8) is 0 Å². The molecule has 1 atom stereocenters. The zero-order valence-electron chi connectivity index (χ0n) is 18.6. The summed E-state index contributed by atoms with van der Waals surface area (Å²) in [7, 11) is 0. The number of nitrogens with zero attached hydrogens (tertiary/aromatic N) is 1. The number of carbonyl (C=O) groups is 2. The average Bonchev–Trinajstić information content (AvgIpc) is 3.07. The number of hydrogen-bond acceptors (Lipinski definition) is 4. The summed E-state index contributed by atoms with van der Waals surface area (Å²) in [6.07, 6.45) is 0. The summed E-state index contributed by atoms with van der Waals surface area (Å²) in [6, 6.07) is 18.7. The van der Waals surface area contributed by atoms with Crippen LogP contribution in [0.3, 0.4) is 0 Å². The first-order valence-electron chi connectivity index (χ1n) is 10.7. The zero-order valence-corrected chi connectivity index (χ0v) is 19.4. The van der Waals surface area contributed by atoms with E-state index < -0.39 is 17.7 Å². The largest absolute Gasteiger partial charge is 0.507 e. The van der Waals surface area contributed by atoms with Gasteiger partial charge in [0.05, 0.1) is 18.2 Å². The van der Waals surface area contributed by atoms with Crippen LogP contribution in [0.5, 0.6) is 5.75 Å². The van der Waals surface area contributed by atoms with Gasteiger partial charge < -0.3 is 9.84 Å². The van der Waals surface area contributed by atoms with Crippen LogP contribution in [0.2, 0.25) is 5.02 Å². The Bertz CT molecular complexity index is 1250. The number of ether oxygens (including phenoxy) is 1. The minimum Gasteiger partial charge on any atom is -0.507 e. The van der Waals surface area contributed by atoms with E-state index in [1.807, 2.05) is 39.0 Å². The maximum absolute atomic E-state index is 13.3. The number of aliphatic hydroxyl groups is 1. The molecule has 0 bridgehead atoms. The fourth-order valence-electron chi connectivity index (χ4n) is 4.06. The van der Waals surface area contributed by atoms with Crippen LogP contribution in [0.25, 0.3) is 5.76 Å². The Balaban J connectivity index is 1.93. The summed E-state index contributed by atoms with van der Waals surface area (Å²) in [5.74, 6) is -0.950. The Hall–Kier alpha value is -3.57. The number of anilines is 1. The van der Waals surface area contributed by atoms with Crippen LogP contribution >= 0.6 is 11.6 Å². The standard InChI is InChI=1S/C27H24ClNO4/c1-4-33-21-13-7-18(8-14-21)24-23(25(30)22-15-16(2)5-6-17(22)3)26(31)27(32)29(24)20-11-9-19(28)10-12-20/h5-15,24,30H,4H2,1-3H3/b25-23+. The van der Waals surface area contributed by atoms with Crippen molar-refractivity contribution in [2.75, 3.05) is 11.5 Å². The van der Waals surface area contributed by atoms with Crippen molar-refractivity contribution in [3.8, 4) is 5.75 Å². The van der Waals surface area contributed by atoms with Gasteiger partial charge in [0, 0.05) is 16.3 Å². The number of hydrogen-bond donors (Lipinski definition) is 1. The molecule has 6 heteroatoms. The fourth-order valence-corrected chi connectivity index (χ4v) is 4.19. The lowest BCUT2D eigenvalue weighted by atomic mass is 9.93. The summed E-state index contributed by atoms with van der Waals surface area (Å²) < 4.78 is 5.54. The smallest absolute Gasteiger partial charge is 0.300 e. The zero-order chi connectivity index (χ0) is 23.7. The number of rotatable bonds is 5. The van der Waals surface area contributed by atoms with Crippen LogP contribution in [-0.4, -0.2) is 23.4 Å². The average molecular weight is 462 g/mol. The summed E-state index contributed by atoms with van der Waals surface area (Å²) in [5.41, 5.74) is 3.51. The molecule has 33 heavy (non-hydrogen) atoms. The highest BCUT2D eigenvalue weighted by Gasteiger charge is 2.47. The number of amides is 1. The molecular weight excluding hydrogens is 438 g/mol. The van der Waals surface area contributed by atoms with E-state index in [-0.39, 0.29) is 11.3 Å². The molecule has 1 fully saturated rings. The maximum atomic E-state index is 13.3. The van der Waals surface area contributed by atoms with Gasteiger partial charge in [-0.1, -0.05) is 41.4 Å². The monoisotopic (exact) mass is 461 g/mol. The molecule has 3 aromatic rings. The Morgan fingerprint density at radius 2 is 1.67 bits per heavy atom. The minimum absolute atomic E-state index is 0.0489. The van der Waals surface area contributed by atoms with Crippen LogP contribution in [0.15, 0.2) is 72.3 Å². The molecule has 0 saturated carbocycles. The lowest BCUT2D eigenvalue weighted by Gasteiger charge is -2.26. The van der Waals surface area contributed by atoms with Crippen LogP contribution in [-0.2, 0) is 9.59 Å². The molecule has 1 aliphatic rings. The third-order valence-corrected chi connectivity index (χ3v) is 5.96. The summed E-state index contributed by atoms with van der Waals surface area (Å²) >= 11 is 6.04. The van der Waals surface area contributed by atoms with Gasteiger partial charge >= 0.3 is 0 Å². The fraction of sp³-hybridized carbons (Fsp3) is 0.185. The molecule has 0 aliphatic carbocycles. The van der Waals surface area contributed by atoms with Crippen molar-refractivity contribution < 1.29 is 19.4 Å². The third-order valence-electron chi connectivity index (χ3n) is 5.70. The van der Waals surface area contributed by atoms with E-state index in [0.29, 0.717) is 34.2 Å². The number of halogens is 1. The van der Waals surface area contributed by atoms with E-state index in [9.17, 15) is 14.7 Å². The molecule has 1 aliphatic heterocycles.